The van der Waals surface area contributed by atoms with Crippen molar-refractivity contribution < 1.29 is 14.3 Å². The highest BCUT2D eigenvalue weighted by Gasteiger charge is 2.21. The van der Waals surface area contributed by atoms with Crippen molar-refractivity contribution in [3.8, 4) is 5.75 Å². The van der Waals surface area contributed by atoms with Crippen molar-refractivity contribution in [1.82, 2.24) is 0 Å². The minimum Gasteiger partial charge on any atom is -0.426 e. The van der Waals surface area contributed by atoms with Gasteiger partial charge in [0, 0.05) is 18.7 Å². The maximum Gasteiger partial charge on any atom is 0.313 e. The van der Waals surface area contributed by atoms with Crippen LogP contribution in [0.25, 0.3) is 0 Å². The second-order valence-electron chi connectivity index (χ2n) is 4.72. The Morgan fingerprint density at radius 1 is 1.28 bits per heavy atom. The van der Waals surface area contributed by atoms with E-state index in [1.807, 2.05) is 12.1 Å². The number of nitrogens with zero attached hydrogens (tertiary/aromatic N) is 1. The lowest BCUT2D eigenvalue weighted by Gasteiger charge is -2.16. The van der Waals surface area contributed by atoms with Gasteiger partial charge < -0.3 is 9.64 Å². The standard InChI is InChI=1S/C14H17NO3/c1-10(2)14(17)18-12-7-5-11(6-8-12)15-9-3-4-13(15)16/h5-8,10H,3-4,9H2,1-2H3. The fourth-order valence-electron chi connectivity index (χ4n) is 1.85. The molecule has 1 aliphatic rings. The molecule has 0 N–H and O–H groups in total. The van der Waals surface area contributed by atoms with E-state index in [4.69, 9.17) is 4.74 Å². The zero-order valence-corrected chi connectivity index (χ0v) is 10.7. The fraction of sp³-hybridized carbons (Fsp3) is 0.429. The summed E-state index contributed by atoms with van der Waals surface area (Å²) in [6.07, 6.45) is 1.52. The lowest BCUT2D eigenvalue weighted by Crippen LogP contribution is -2.23. The monoisotopic (exact) mass is 247 g/mol. The van der Waals surface area contributed by atoms with Gasteiger partial charge in [-0.3, -0.25) is 9.59 Å². The van der Waals surface area contributed by atoms with E-state index in [-0.39, 0.29) is 17.8 Å². The van der Waals surface area contributed by atoms with Gasteiger partial charge in [0.25, 0.3) is 0 Å². The van der Waals surface area contributed by atoms with Gasteiger partial charge in [-0.15, -0.1) is 0 Å². The minimum absolute atomic E-state index is 0.148. The van der Waals surface area contributed by atoms with Gasteiger partial charge in [0.05, 0.1) is 5.92 Å². The first-order valence-corrected chi connectivity index (χ1v) is 6.20. The van der Waals surface area contributed by atoms with Crippen LogP contribution in [0.3, 0.4) is 0 Å². The number of anilines is 1. The molecular formula is C14H17NO3. The normalized spacial score (nSPS) is 15.3. The molecule has 18 heavy (non-hydrogen) atoms. The molecule has 0 spiro atoms. The van der Waals surface area contributed by atoms with Gasteiger partial charge in [0.1, 0.15) is 5.75 Å². The smallest absolute Gasteiger partial charge is 0.313 e. The first-order valence-electron chi connectivity index (χ1n) is 6.20. The third kappa shape index (κ3) is 2.70. The van der Waals surface area contributed by atoms with Crippen molar-refractivity contribution in [2.45, 2.75) is 26.7 Å². The van der Waals surface area contributed by atoms with Crippen LogP contribution >= 0.6 is 0 Å². The van der Waals surface area contributed by atoms with Crippen LogP contribution in [-0.4, -0.2) is 18.4 Å². The molecule has 4 heteroatoms. The Hall–Kier alpha value is -1.84. The molecule has 1 amide bonds. The number of carbonyl (C=O) groups excluding carboxylic acids is 2. The number of esters is 1. The molecule has 0 aromatic heterocycles. The second-order valence-corrected chi connectivity index (χ2v) is 4.72. The summed E-state index contributed by atoms with van der Waals surface area (Å²) in [6, 6.07) is 7.07. The van der Waals surface area contributed by atoms with Crippen LogP contribution in [0.15, 0.2) is 24.3 Å². The van der Waals surface area contributed by atoms with Crippen molar-refractivity contribution in [2.75, 3.05) is 11.4 Å². The van der Waals surface area contributed by atoms with Gasteiger partial charge in [0.2, 0.25) is 5.91 Å². The van der Waals surface area contributed by atoms with Crippen LogP contribution in [0.5, 0.6) is 5.75 Å². The molecule has 1 saturated heterocycles. The van der Waals surface area contributed by atoms with E-state index in [0.29, 0.717) is 12.2 Å². The number of hydrogen-bond acceptors (Lipinski definition) is 3. The molecule has 96 valence electrons. The Bertz CT molecular complexity index is 451. The van der Waals surface area contributed by atoms with Crippen LogP contribution in [-0.2, 0) is 9.59 Å². The second kappa shape index (κ2) is 5.21. The van der Waals surface area contributed by atoms with Gasteiger partial charge in [0.15, 0.2) is 0 Å². The van der Waals surface area contributed by atoms with Crippen molar-refractivity contribution in [3.05, 3.63) is 24.3 Å². The first kappa shape index (κ1) is 12.6. The average molecular weight is 247 g/mol. The Balaban J connectivity index is 2.06. The topological polar surface area (TPSA) is 46.6 Å². The Morgan fingerprint density at radius 2 is 1.94 bits per heavy atom. The first-order chi connectivity index (χ1) is 8.58. The summed E-state index contributed by atoms with van der Waals surface area (Å²) in [7, 11) is 0. The molecule has 0 radical (unpaired) electrons. The molecule has 0 bridgehead atoms. The largest absolute Gasteiger partial charge is 0.426 e. The molecule has 1 aromatic carbocycles. The molecule has 4 nitrogen and oxygen atoms in total. The van der Waals surface area contributed by atoms with E-state index >= 15 is 0 Å². The van der Waals surface area contributed by atoms with E-state index < -0.39 is 0 Å². The van der Waals surface area contributed by atoms with Gasteiger partial charge in [-0.05, 0) is 30.7 Å². The average Bonchev–Trinajstić information content (AvgIpc) is 2.76. The maximum atomic E-state index is 11.6. The van der Waals surface area contributed by atoms with Crippen molar-refractivity contribution >= 4 is 17.6 Å². The number of hydrogen-bond donors (Lipinski definition) is 0. The van der Waals surface area contributed by atoms with Gasteiger partial charge in [-0.25, -0.2) is 0 Å². The number of ether oxygens (including phenoxy) is 1. The third-order valence-electron chi connectivity index (χ3n) is 2.91. The lowest BCUT2D eigenvalue weighted by atomic mass is 10.2. The molecule has 0 atom stereocenters. The molecule has 0 aliphatic carbocycles. The van der Waals surface area contributed by atoms with Gasteiger partial charge in [-0.2, -0.15) is 0 Å². The minimum atomic E-state index is -0.250. The summed E-state index contributed by atoms with van der Waals surface area (Å²) in [5.41, 5.74) is 0.863. The van der Waals surface area contributed by atoms with Crippen LogP contribution in [0.4, 0.5) is 5.69 Å². The van der Waals surface area contributed by atoms with E-state index in [0.717, 1.165) is 18.7 Å². The lowest BCUT2D eigenvalue weighted by molar-refractivity contribution is -0.137. The molecule has 1 aliphatic heterocycles. The summed E-state index contributed by atoms with van der Waals surface area (Å²) < 4.78 is 5.18. The predicted octanol–water partition coefficient (Wildman–Crippen LogP) is 2.37. The highest BCUT2D eigenvalue weighted by Crippen LogP contribution is 2.24. The molecular weight excluding hydrogens is 230 g/mol. The van der Waals surface area contributed by atoms with E-state index in [9.17, 15) is 9.59 Å². The van der Waals surface area contributed by atoms with Gasteiger partial charge in [-0.1, -0.05) is 13.8 Å². The number of amides is 1. The molecule has 0 saturated carbocycles. The van der Waals surface area contributed by atoms with Crippen LogP contribution in [0, 0.1) is 5.92 Å². The molecule has 1 heterocycles. The summed E-state index contributed by atoms with van der Waals surface area (Å²) >= 11 is 0. The number of benzene rings is 1. The molecule has 1 aromatic rings. The van der Waals surface area contributed by atoms with Crippen molar-refractivity contribution in [2.24, 2.45) is 5.92 Å². The van der Waals surface area contributed by atoms with Crippen LogP contribution in [0.2, 0.25) is 0 Å². The molecule has 1 fully saturated rings. The Kier molecular flexibility index (Phi) is 3.65. The molecule has 2 rings (SSSR count). The van der Waals surface area contributed by atoms with Crippen LogP contribution in [0.1, 0.15) is 26.7 Å². The number of rotatable bonds is 3. The zero-order chi connectivity index (χ0) is 13.1. The Labute approximate surface area is 107 Å². The fourth-order valence-corrected chi connectivity index (χ4v) is 1.85. The SMILES string of the molecule is CC(C)C(=O)Oc1ccc(N2CCCC2=O)cc1. The highest BCUT2D eigenvalue weighted by atomic mass is 16.5. The summed E-state index contributed by atoms with van der Waals surface area (Å²) in [4.78, 5) is 24.7. The quantitative estimate of drug-likeness (QED) is 0.608. The number of carbonyl (C=O) groups is 2. The van der Waals surface area contributed by atoms with Crippen molar-refractivity contribution in [1.29, 1.82) is 0 Å². The summed E-state index contributed by atoms with van der Waals surface area (Å²) in [6.45, 7) is 4.35. The zero-order valence-electron chi connectivity index (χ0n) is 10.7. The van der Waals surface area contributed by atoms with Crippen molar-refractivity contribution in [3.63, 3.8) is 0 Å². The molecule has 0 unspecified atom stereocenters. The predicted molar refractivity (Wildman–Crippen MR) is 68.5 cm³/mol. The third-order valence-corrected chi connectivity index (χ3v) is 2.91. The summed E-state index contributed by atoms with van der Waals surface area (Å²) in [5, 5.41) is 0. The van der Waals surface area contributed by atoms with Gasteiger partial charge >= 0.3 is 5.97 Å². The van der Waals surface area contributed by atoms with Crippen LogP contribution < -0.4 is 9.64 Å². The summed E-state index contributed by atoms with van der Waals surface area (Å²) in [5.74, 6) is 0.274. The maximum absolute atomic E-state index is 11.6. The van der Waals surface area contributed by atoms with E-state index in [2.05, 4.69) is 0 Å². The highest BCUT2D eigenvalue weighted by molar-refractivity contribution is 5.95. The Morgan fingerprint density at radius 3 is 2.44 bits per heavy atom. The van der Waals surface area contributed by atoms with E-state index in [1.54, 1.807) is 30.9 Å². The van der Waals surface area contributed by atoms with E-state index in [1.165, 1.54) is 0 Å².